The SMILES string of the molecule is CC1CCCCC1(N)CCOc1ccccc1. The first kappa shape index (κ1) is 12.4. The van der Waals surface area contributed by atoms with Gasteiger partial charge in [0.2, 0.25) is 0 Å². The summed E-state index contributed by atoms with van der Waals surface area (Å²) >= 11 is 0. The van der Waals surface area contributed by atoms with E-state index in [1.54, 1.807) is 0 Å². The summed E-state index contributed by atoms with van der Waals surface area (Å²) in [6, 6.07) is 9.98. The van der Waals surface area contributed by atoms with Gasteiger partial charge in [-0.3, -0.25) is 0 Å². The molecule has 2 N–H and O–H groups in total. The lowest BCUT2D eigenvalue weighted by Crippen LogP contribution is -2.49. The van der Waals surface area contributed by atoms with Gasteiger partial charge >= 0.3 is 0 Å². The first-order valence-corrected chi connectivity index (χ1v) is 6.67. The van der Waals surface area contributed by atoms with E-state index in [1.807, 2.05) is 30.3 Å². The molecule has 2 atom stereocenters. The average Bonchev–Trinajstić information content (AvgIpc) is 2.35. The molecule has 2 unspecified atom stereocenters. The summed E-state index contributed by atoms with van der Waals surface area (Å²) in [7, 11) is 0. The second-order valence-electron chi connectivity index (χ2n) is 5.29. The minimum atomic E-state index is -0.00691. The smallest absolute Gasteiger partial charge is 0.119 e. The molecule has 1 aliphatic carbocycles. The predicted molar refractivity (Wildman–Crippen MR) is 71.1 cm³/mol. The van der Waals surface area contributed by atoms with Crippen LogP contribution < -0.4 is 10.5 Å². The molecule has 0 spiro atoms. The number of ether oxygens (including phenoxy) is 1. The summed E-state index contributed by atoms with van der Waals surface area (Å²) in [6.45, 7) is 3.01. The van der Waals surface area contributed by atoms with E-state index in [1.165, 1.54) is 19.3 Å². The first-order valence-electron chi connectivity index (χ1n) is 6.67. The van der Waals surface area contributed by atoms with Crippen LogP contribution in [0.3, 0.4) is 0 Å². The monoisotopic (exact) mass is 233 g/mol. The third-order valence-corrected chi connectivity index (χ3v) is 4.09. The summed E-state index contributed by atoms with van der Waals surface area (Å²) in [5, 5.41) is 0. The first-order chi connectivity index (χ1) is 8.21. The van der Waals surface area contributed by atoms with Crippen LogP contribution in [0.15, 0.2) is 30.3 Å². The quantitative estimate of drug-likeness (QED) is 0.865. The summed E-state index contributed by atoms with van der Waals surface area (Å²) in [5.74, 6) is 1.56. The third kappa shape index (κ3) is 3.22. The van der Waals surface area contributed by atoms with Gasteiger partial charge in [-0.25, -0.2) is 0 Å². The topological polar surface area (TPSA) is 35.2 Å². The number of benzene rings is 1. The van der Waals surface area contributed by atoms with E-state index in [9.17, 15) is 0 Å². The van der Waals surface area contributed by atoms with Gasteiger partial charge in [-0.15, -0.1) is 0 Å². The Hall–Kier alpha value is -1.02. The van der Waals surface area contributed by atoms with Gasteiger partial charge < -0.3 is 10.5 Å². The maximum absolute atomic E-state index is 6.49. The molecule has 0 saturated heterocycles. The number of nitrogens with two attached hydrogens (primary N) is 1. The van der Waals surface area contributed by atoms with Gasteiger partial charge in [-0.1, -0.05) is 38.0 Å². The summed E-state index contributed by atoms with van der Waals surface area (Å²) in [4.78, 5) is 0. The number of rotatable bonds is 4. The molecule has 0 amide bonds. The van der Waals surface area contributed by atoms with Crippen molar-refractivity contribution >= 4 is 0 Å². The molecule has 0 aliphatic heterocycles. The van der Waals surface area contributed by atoms with Crippen LogP contribution in [0.2, 0.25) is 0 Å². The highest BCUT2D eigenvalue weighted by molar-refractivity contribution is 5.20. The number of hydrogen-bond acceptors (Lipinski definition) is 2. The van der Waals surface area contributed by atoms with E-state index in [-0.39, 0.29) is 5.54 Å². The molecule has 0 bridgehead atoms. The Labute approximate surface area is 104 Å². The van der Waals surface area contributed by atoms with E-state index in [0.717, 1.165) is 25.2 Å². The van der Waals surface area contributed by atoms with Gasteiger partial charge in [0.1, 0.15) is 5.75 Å². The van der Waals surface area contributed by atoms with Crippen LogP contribution in [0.5, 0.6) is 5.75 Å². The Morgan fingerprint density at radius 2 is 2.06 bits per heavy atom. The fraction of sp³-hybridized carbons (Fsp3) is 0.600. The van der Waals surface area contributed by atoms with Gasteiger partial charge in [0.05, 0.1) is 6.61 Å². The van der Waals surface area contributed by atoms with Crippen LogP contribution in [0.1, 0.15) is 39.0 Å². The molecule has 0 heterocycles. The second kappa shape index (κ2) is 5.54. The largest absolute Gasteiger partial charge is 0.494 e. The number of para-hydroxylation sites is 1. The zero-order chi connectivity index (χ0) is 12.1. The molecule has 1 fully saturated rings. The Morgan fingerprint density at radius 1 is 1.29 bits per heavy atom. The highest BCUT2D eigenvalue weighted by Crippen LogP contribution is 2.34. The Kier molecular flexibility index (Phi) is 4.06. The third-order valence-electron chi connectivity index (χ3n) is 4.09. The highest BCUT2D eigenvalue weighted by atomic mass is 16.5. The van der Waals surface area contributed by atoms with Gasteiger partial charge in [0, 0.05) is 5.54 Å². The lowest BCUT2D eigenvalue weighted by Gasteiger charge is -2.39. The maximum atomic E-state index is 6.49. The zero-order valence-corrected chi connectivity index (χ0v) is 10.7. The molecule has 1 aromatic carbocycles. The molecule has 2 heteroatoms. The Balaban J connectivity index is 1.81. The van der Waals surface area contributed by atoms with Crippen LogP contribution in [-0.2, 0) is 0 Å². The summed E-state index contributed by atoms with van der Waals surface area (Å²) in [5.41, 5.74) is 6.48. The molecular formula is C15H23NO. The average molecular weight is 233 g/mol. The standard InChI is InChI=1S/C15H23NO/c1-13-7-5-6-10-15(13,16)11-12-17-14-8-3-2-4-9-14/h2-4,8-9,13H,5-7,10-12,16H2,1H3. The summed E-state index contributed by atoms with van der Waals surface area (Å²) < 4.78 is 5.74. The molecule has 1 aromatic rings. The molecule has 17 heavy (non-hydrogen) atoms. The highest BCUT2D eigenvalue weighted by Gasteiger charge is 2.33. The van der Waals surface area contributed by atoms with Crippen LogP contribution in [0, 0.1) is 5.92 Å². The van der Waals surface area contributed by atoms with Crippen molar-refractivity contribution in [2.75, 3.05) is 6.61 Å². The van der Waals surface area contributed by atoms with Crippen molar-refractivity contribution in [1.82, 2.24) is 0 Å². The molecular weight excluding hydrogens is 210 g/mol. The predicted octanol–water partition coefficient (Wildman–Crippen LogP) is 3.36. The van der Waals surface area contributed by atoms with Crippen molar-refractivity contribution in [1.29, 1.82) is 0 Å². The molecule has 2 nitrogen and oxygen atoms in total. The van der Waals surface area contributed by atoms with Crippen molar-refractivity contribution in [2.24, 2.45) is 11.7 Å². The van der Waals surface area contributed by atoms with Crippen LogP contribution in [0.4, 0.5) is 0 Å². The molecule has 0 aromatic heterocycles. The van der Waals surface area contributed by atoms with E-state index in [4.69, 9.17) is 10.5 Å². The number of hydrogen-bond donors (Lipinski definition) is 1. The van der Waals surface area contributed by atoms with Crippen LogP contribution >= 0.6 is 0 Å². The van der Waals surface area contributed by atoms with Crippen molar-refractivity contribution < 1.29 is 4.74 Å². The van der Waals surface area contributed by atoms with Crippen LogP contribution in [-0.4, -0.2) is 12.1 Å². The minimum absolute atomic E-state index is 0.00691. The zero-order valence-electron chi connectivity index (χ0n) is 10.7. The van der Waals surface area contributed by atoms with Crippen molar-refractivity contribution in [3.05, 3.63) is 30.3 Å². The van der Waals surface area contributed by atoms with E-state index in [2.05, 4.69) is 6.92 Å². The van der Waals surface area contributed by atoms with Crippen molar-refractivity contribution in [3.8, 4) is 5.75 Å². The van der Waals surface area contributed by atoms with Crippen LogP contribution in [0.25, 0.3) is 0 Å². The van der Waals surface area contributed by atoms with Crippen molar-refractivity contribution in [2.45, 2.75) is 44.6 Å². The summed E-state index contributed by atoms with van der Waals surface area (Å²) in [6.07, 6.45) is 5.98. The molecule has 1 saturated carbocycles. The normalized spacial score (nSPS) is 28.9. The molecule has 1 aliphatic rings. The van der Waals surface area contributed by atoms with E-state index in [0.29, 0.717) is 5.92 Å². The second-order valence-corrected chi connectivity index (χ2v) is 5.29. The maximum Gasteiger partial charge on any atom is 0.119 e. The van der Waals surface area contributed by atoms with Crippen molar-refractivity contribution in [3.63, 3.8) is 0 Å². The fourth-order valence-electron chi connectivity index (χ4n) is 2.69. The fourth-order valence-corrected chi connectivity index (χ4v) is 2.69. The lowest BCUT2D eigenvalue weighted by atomic mass is 9.73. The van der Waals surface area contributed by atoms with Gasteiger partial charge in [0.25, 0.3) is 0 Å². The molecule has 0 radical (unpaired) electrons. The van der Waals surface area contributed by atoms with Gasteiger partial charge in [0.15, 0.2) is 0 Å². The Morgan fingerprint density at radius 3 is 2.76 bits per heavy atom. The van der Waals surface area contributed by atoms with Gasteiger partial charge in [-0.05, 0) is 37.3 Å². The minimum Gasteiger partial charge on any atom is -0.494 e. The molecule has 2 rings (SSSR count). The molecule has 94 valence electrons. The van der Waals surface area contributed by atoms with E-state index < -0.39 is 0 Å². The Bertz CT molecular complexity index is 338. The lowest BCUT2D eigenvalue weighted by molar-refractivity contribution is 0.159. The van der Waals surface area contributed by atoms with E-state index >= 15 is 0 Å². The van der Waals surface area contributed by atoms with Gasteiger partial charge in [-0.2, -0.15) is 0 Å².